The monoisotopic (exact) mass is 231 g/mol. The Kier molecular flexibility index (Phi) is 2.70. The van der Waals surface area contributed by atoms with Gasteiger partial charge in [0.25, 0.3) is 0 Å². The van der Waals surface area contributed by atoms with Crippen LogP contribution in [0, 0.1) is 10.1 Å². The second-order valence-corrected chi connectivity index (χ2v) is 3.48. The van der Waals surface area contributed by atoms with E-state index in [9.17, 15) is 14.9 Å². The zero-order chi connectivity index (χ0) is 12.4. The highest BCUT2D eigenvalue weighted by atomic mass is 16.6. The minimum Gasteiger partial charge on any atom is -0.358 e. The molecule has 0 radical (unpaired) electrons. The van der Waals surface area contributed by atoms with Gasteiger partial charge in [-0.1, -0.05) is 0 Å². The summed E-state index contributed by atoms with van der Waals surface area (Å²) in [4.78, 5) is 21.0. The second kappa shape index (κ2) is 4.17. The van der Waals surface area contributed by atoms with Gasteiger partial charge in [0.2, 0.25) is 0 Å². The van der Waals surface area contributed by atoms with E-state index in [1.165, 1.54) is 23.9 Å². The Morgan fingerprint density at radius 2 is 1.94 bits per heavy atom. The van der Waals surface area contributed by atoms with Crippen molar-refractivity contribution in [1.82, 2.24) is 9.78 Å². The predicted molar refractivity (Wildman–Crippen MR) is 60.2 cm³/mol. The van der Waals surface area contributed by atoms with Crippen molar-refractivity contribution in [2.24, 2.45) is 0 Å². The van der Waals surface area contributed by atoms with Gasteiger partial charge < -0.3 is 10.1 Å². The van der Waals surface area contributed by atoms with E-state index in [2.05, 4.69) is 5.10 Å². The van der Waals surface area contributed by atoms with Crippen LogP contribution in [0.3, 0.4) is 0 Å². The summed E-state index contributed by atoms with van der Waals surface area (Å²) in [5.74, 6) is -0.233. The third-order valence-corrected chi connectivity index (χ3v) is 2.30. The maximum atomic E-state index is 11.1. The lowest BCUT2D eigenvalue weighted by Gasteiger charge is -1.98. The Labute approximate surface area is 96.6 Å². The number of hydrogen-bond acceptors (Lipinski definition) is 4. The van der Waals surface area contributed by atoms with Crippen molar-refractivity contribution in [3.63, 3.8) is 0 Å². The minimum absolute atomic E-state index is 0.0250. The summed E-state index contributed by atoms with van der Waals surface area (Å²) in [5, 5.41) is 14.3. The van der Waals surface area contributed by atoms with Crippen molar-refractivity contribution in [3.8, 4) is 5.69 Å². The molecule has 0 saturated carbocycles. The fourth-order valence-corrected chi connectivity index (χ4v) is 1.40. The molecule has 0 atom stereocenters. The first-order chi connectivity index (χ1) is 8.08. The first-order valence-electron chi connectivity index (χ1n) is 4.89. The quantitative estimate of drug-likeness (QED) is 0.459. The third-order valence-electron chi connectivity index (χ3n) is 2.30. The van der Waals surface area contributed by atoms with Crippen LogP contribution in [0.2, 0.25) is 0 Å². The van der Waals surface area contributed by atoms with Gasteiger partial charge in [-0.15, -0.1) is 4.68 Å². The molecule has 0 aliphatic rings. The number of benzene rings is 1. The van der Waals surface area contributed by atoms with Crippen molar-refractivity contribution < 1.29 is 9.72 Å². The lowest BCUT2D eigenvalue weighted by molar-refractivity contribution is -0.389. The average molecular weight is 231 g/mol. The van der Waals surface area contributed by atoms with E-state index in [1.807, 2.05) is 0 Å². The summed E-state index contributed by atoms with van der Waals surface area (Å²) in [5.41, 5.74) is 1.26. The smallest absolute Gasteiger partial charge is 0.358 e. The standard InChI is InChI=1S/C11H9N3O3/c1-8(15)9-2-4-10(5-3-9)13-7-6-11(12-13)14(16)17/h2-7H,1H3. The largest absolute Gasteiger partial charge is 0.390 e. The molecule has 6 nitrogen and oxygen atoms in total. The van der Waals surface area contributed by atoms with Gasteiger partial charge >= 0.3 is 5.82 Å². The molecule has 0 aliphatic heterocycles. The highest BCUT2D eigenvalue weighted by Crippen LogP contribution is 2.13. The SMILES string of the molecule is CC(=O)c1ccc(-n2ccc([N+](=O)[O-])n2)cc1. The summed E-state index contributed by atoms with van der Waals surface area (Å²) in [6.45, 7) is 1.48. The van der Waals surface area contributed by atoms with Crippen LogP contribution in [-0.4, -0.2) is 20.5 Å². The summed E-state index contributed by atoms with van der Waals surface area (Å²) < 4.78 is 1.39. The zero-order valence-electron chi connectivity index (χ0n) is 9.03. The Morgan fingerprint density at radius 1 is 1.29 bits per heavy atom. The number of hydrogen-bond donors (Lipinski definition) is 0. The van der Waals surface area contributed by atoms with Crippen LogP contribution < -0.4 is 0 Å². The zero-order valence-corrected chi connectivity index (χ0v) is 9.03. The molecule has 0 N–H and O–H groups in total. The number of carbonyl (C=O) groups excluding carboxylic acids is 1. The number of aromatic nitrogens is 2. The minimum atomic E-state index is -0.555. The lowest BCUT2D eigenvalue weighted by atomic mass is 10.1. The maximum absolute atomic E-state index is 11.1. The number of nitrogens with zero attached hydrogens (tertiary/aromatic N) is 3. The van der Waals surface area contributed by atoms with Crippen molar-refractivity contribution in [2.45, 2.75) is 6.92 Å². The van der Waals surface area contributed by atoms with Gasteiger partial charge in [-0.25, -0.2) is 0 Å². The van der Waals surface area contributed by atoms with Crippen LogP contribution in [0.5, 0.6) is 0 Å². The molecule has 0 spiro atoms. The van der Waals surface area contributed by atoms with Gasteiger partial charge in [0.05, 0.1) is 23.0 Å². The fourth-order valence-electron chi connectivity index (χ4n) is 1.40. The van der Waals surface area contributed by atoms with Crippen LogP contribution in [0.25, 0.3) is 5.69 Å². The molecule has 0 unspecified atom stereocenters. The molecular formula is C11H9N3O3. The summed E-state index contributed by atoms with van der Waals surface area (Å²) in [6, 6.07) is 8.01. The van der Waals surface area contributed by atoms with Crippen LogP contribution >= 0.6 is 0 Å². The molecule has 0 amide bonds. The van der Waals surface area contributed by atoms with Gasteiger partial charge in [-0.3, -0.25) is 4.79 Å². The van der Waals surface area contributed by atoms with E-state index in [4.69, 9.17) is 0 Å². The van der Waals surface area contributed by atoms with Crippen LogP contribution in [0.4, 0.5) is 5.82 Å². The molecule has 0 aliphatic carbocycles. The average Bonchev–Trinajstić information content (AvgIpc) is 2.78. The number of Topliss-reactive ketones (excluding diaryl/α,β-unsaturated/α-hetero) is 1. The first-order valence-corrected chi connectivity index (χ1v) is 4.89. The van der Waals surface area contributed by atoms with Crippen molar-refractivity contribution in [3.05, 3.63) is 52.2 Å². The van der Waals surface area contributed by atoms with Crippen molar-refractivity contribution in [2.75, 3.05) is 0 Å². The van der Waals surface area contributed by atoms with E-state index in [-0.39, 0.29) is 11.6 Å². The van der Waals surface area contributed by atoms with Crippen molar-refractivity contribution in [1.29, 1.82) is 0 Å². The number of rotatable bonds is 3. The number of ketones is 1. The highest BCUT2D eigenvalue weighted by Gasteiger charge is 2.11. The molecule has 1 heterocycles. The topological polar surface area (TPSA) is 78.0 Å². The van der Waals surface area contributed by atoms with Crippen molar-refractivity contribution >= 4 is 11.6 Å². The fraction of sp³-hybridized carbons (Fsp3) is 0.0909. The molecule has 0 fully saturated rings. The Bertz CT molecular complexity index is 572. The Balaban J connectivity index is 2.33. The van der Waals surface area contributed by atoms with Crippen LogP contribution in [0.15, 0.2) is 36.5 Å². The summed E-state index contributed by atoms with van der Waals surface area (Å²) in [7, 11) is 0. The molecule has 6 heteroatoms. The van der Waals surface area contributed by atoms with E-state index in [1.54, 1.807) is 24.3 Å². The normalized spacial score (nSPS) is 10.2. The molecule has 2 rings (SSSR count). The second-order valence-electron chi connectivity index (χ2n) is 3.48. The molecule has 17 heavy (non-hydrogen) atoms. The third kappa shape index (κ3) is 2.20. The number of carbonyl (C=O) groups is 1. The van der Waals surface area contributed by atoms with Gasteiger partial charge in [-0.05, 0) is 36.1 Å². The van der Waals surface area contributed by atoms with E-state index >= 15 is 0 Å². The molecule has 1 aromatic carbocycles. The maximum Gasteiger partial charge on any atom is 0.390 e. The Morgan fingerprint density at radius 3 is 2.41 bits per heavy atom. The van der Waals surface area contributed by atoms with E-state index in [0.717, 1.165) is 0 Å². The highest BCUT2D eigenvalue weighted by molar-refractivity contribution is 5.94. The Hall–Kier alpha value is -2.50. The van der Waals surface area contributed by atoms with E-state index < -0.39 is 4.92 Å². The molecular weight excluding hydrogens is 222 g/mol. The lowest BCUT2D eigenvalue weighted by Crippen LogP contribution is -1.98. The first kappa shape index (κ1) is 11.0. The van der Waals surface area contributed by atoms with Gasteiger partial charge in [0.15, 0.2) is 5.78 Å². The van der Waals surface area contributed by atoms with Gasteiger partial charge in [0, 0.05) is 5.56 Å². The van der Waals surface area contributed by atoms with Gasteiger partial charge in [0.1, 0.15) is 0 Å². The van der Waals surface area contributed by atoms with Crippen LogP contribution in [0.1, 0.15) is 17.3 Å². The molecule has 1 aromatic heterocycles. The predicted octanol–water partition coefficient (Wildman–Crippen LogP) is 1.98. The summed E-state index contributed by atoms with van der Waals surface area (Å²) >= 11 is 0. The molecule has 86 valence electrons. The molecule has 0 bridgehead atoms. The number of nitro groups is 1. The molecule has 0 saturated heterocycles. The van der Waals surface area contributed by atoms with Gasteiger partial charge in [-0.2, -0.15) is 0 Å². The van der Waals surface area contributed by atoms with Crippen LogP contribution in [-0.2, 0) is 0 Å². The summed E-state index contributed by atoms with van der Waals surface area (Å²) in [6.07, 6.45) is 1.50. The van der Waals surface area contributed by atoms with E-state index in [0.29, 0.717) is 11.3 Å². The molecule has 2 aromatic rings.